The van der Waals surface area contributed by atoms with E-state index in [2.05, 4.69) is 42.2 Å². The van der Waals surface area contributed by atoms with Crippen molar-refractivity contribution in [2.45, 2.75) is 25.7 Å². The fraction of sp³-hybridized carbons (Fsp3) is 0.304. The van der Waals surface area contributed by atoms with Gasteiger partial charge in [-0.25, -0.2) is 0 Å². The molecule has 4 rings (SSSR count). The zero-order valence-electron chi connectivity index (χ0n) is 16.6. The Morgan fingerprint density at radius 2 is 1.90 bits per heavy atom. The largest absolute Gasteiger partial charge is 0.497 e. The van der Waals surface area contributed by atoms with Crippen LogP contribution in [0, 0.1) is 11.3 Å². The minimum atomic E-state index is -0.201. The number of carbonyl (C=O) groups excluding carboxylic acids is 1. The Morgan fingerprint density at radius 3 is 2.52 bits per heavy atom. The number of fused-ring (bicyclic) bond motifs is 1. The van der Waals surface area contributed by atoms with Crippen molar-refractivity contribution in [3.8, 4) is 11.8 Å². The average Bonchev–Trinajstić information content (AvgIpc) is 2.79. The standard InChI is InChI=1S/C23H23N3O2S/c1-3-16-4-8-18(9-5-16)25-14-26-22(27)12-20(21(13-24)23(26)29-15-25)17-6-10-19(28-2)11-7-17/h4-11,20H,3,12,14-15H2,1-2H3/t20-/m0/s1. The SMILES string of the molecule is CCc1ccc(N2CSC3=C(C#N)[C@H](c4ccc(OC)cc4)CC(=O)N3C2)cc1. The minimum absolute atomic E-state index is 0.0576. The smallest absolute Gasteiger partial charge is 0.229 e. The second kappa shape index (κ2) is 8.22. The van der Waals surface area contributed by atoms with E-state index in [0.717, 1.165) is 28.5 Å². The van der Waals surface area contributed by atoms with Crippen LogP contribution in [0.25, 0.3) is 0 Å². The van der Waals surface area contributed by atoms with Crippen LogP contribution in [0.1, 0.15) is 30.4 Å². The molecule has 2 aromatic carbocycles. The van der Waals surface area contributed by atoms with Crippen molar-refractivity contribution >= 4 is 23.4 Å². The molecule has 0 radical (unpaired) electrons. The van der Waals surface area contributed by atoms with Crippen LogP contribution in [0.4, 0.5) is 5.69 Å². The molecule has 1 atom stereocenters. The second-order valence-electron chi connectivity index (χ2n) is 7.16. The van der Waals surface area contributed by atoms with Crippen molar-refractivity contribution in [1.29, 1.82) is 5.26 Å². The summed E-state index contributed by atoms with van der Waals surface area (Å²) in [4.78, 5) is 16.9. The van der Waals surface area contributed by atoms with E-state index in [1.807, 2.05) is 24.3 Å². The molecule has 2 aliphatic rings. The fourth-order valence-corrected chi connectivity index (χ4v) is 4.96. The molecule has 0 saturated carbocycles. The first-order valence-corrected chi connectivity index (χ1v) is 10.7. The lowest BCUT2D eigenvalue weighted by atomic mass is 9.86. The van der Waals surface area contributed by atoms with Crippen LogP contribution < -0.4 is 9.64 Å². The van der Waals surface area contributed by atoms with Gasteiger partial charge in [-0.1, -0.05) is 43.0 Å². The van der Waals surface area contributed by atoms with Gasteiger partial charge in [0.1, 0.15) is 5.75 Å². The summed E-state index contributed by atoms with van der Waals surface area (Å²) in [5.74, 6) is 1.33. The molecular formula is C23H23N3O2S. The Labute approximate surface area is 175 Å². The second-order valence-corrected chi connectivity index (χ2v) is 8.09. The van der Waals surface area contributed by atoms with Gasteiger partial charge in [0.05, 0.1) is 36.3 Å². The molecule has 1 saturated heterocycles. The Bertz CT molecular complexity index is 977. The van der Waals surface area contributed by atoms with Crippen LogP contribution >= 0.6 is 11.8 Å². The quantitative estimate of drug-likeness (QED) is 0.751. The Kier molecular flexibility index (Phi) is 5.50. The van der Waals surface area contributed by atoms with Crippen LogP contribution in [-0.4, -0.2) is 30.5 Å². The first-order valence-electron chi connectivity index (χ1n) is 9.69. The number of thioether (sulfide) groups is 1. The maximum absolute atomic E-state index is 13.0. The van der Waals surface area contributed by atoms with Gasteiger partial charge in [-0.2, -0.15) is 5.26 Å². The van der Waals surface area contributed by atoms with Gasteiger partial charge in [-0.3, -0.25) is 9.69 Å². The summed E-state index contributed by atoms with van der Waals surface area (Å²) in [6.07, 6.45) is 1.31. The Balaban J connectivity index is 1.61. The number of nitriles is 1. The minimum Gasteiger partial charge on any atom is -0.497 e. The summed E-state index contributed by atoms with van der Waals surface area (Å²) in [6.45, 7) is 2.62. The number of benzene rings is 2. The summed E-state index contributed by atoms with van der Waals surface area (Å²) in [5, 5.41) is 10.7. The number of aryl methyl sites for hydroxylation is 1. The van der Waals surface area contributed by atoms with Gasteiger partial charge in [-0.05, 0) is 41.8 Å². The van der Waals surface area contributed by atoms with Crippen LogP contribution in [0.3, 0.4) is 0 Å². The molecule has 29 heavy (non-hydrogen) atoms. The topological polar surface area (TPSA) is 56.6 Å². The van der Waals surface area contributed by atoms with Crippen molar-refractivity contribution in [2.24, 2.45) is 0 Å². The number of nitrogens with zero attached hydrogens (tertiary/aromatic N) is 3. The van der Waals surface area contributed by atoms with E-state index in [1.165, 1.54) is 5.56 Å². The van der Waals surface area contributed by atoms with Crippen LogP contribution in [0.2, 0.25) is 0 Å². The lowest BCUT2D eigenvalue weighted by molar-refractivity contribution is -0.129. The van der Waals surface area contributed by atoms with E-state index >= 15 is 0 Å². The van der Waals surface area contributed by atoms with Crippen LogP contribution in [0.15, 0.2) is 59.1 Å². The number of rotatable bonds is 4. The lowest BCUT2D eigenvalue weighted by Crippen LogP contribution is -2.47. The third kappa shape index (κ3) is 3.70. The summed E-state index contributed by atoms with van der Waals surface area (Å²) < 4.78 is 5.22. The predicted molar refractivity (Wildman–Crippen MR) is 115 cm³/mol. The van der Waals surface area contributed by atoms with Gasteiger partial charge >= 0.3 is 0 Å². The first kappa shape index (κ1) is 19.4. The van der Waals surface area contributed by atoms with Crippen molar-refractivity contribution in [3.05, 3.63) is 70.3 Å². The molecule has 2 heterocycles. The molecule has 0 spiro atoms. The third-order valence-electron chi connectivity index (χ3n) is 5.52. The fourth-order valence-electron chi connectivity index (χ4n) is 3.79. The van der Waals surface area contributed by atoms with Gasteiger partial charge in [0, 0.05) is 18.0 Å². The van der Waals surface area contributed by atoms with Crippen molar-refractivity contribution < 1.29 is 9.53 Å². The normalized spacial score (nSPS) is 19.1. The van der Waals surface area contributed by atoms with E-state index in [4.69, 9.17) is 4.74 Å². The third-order valence-corrected chi connectivity index (χ3v) is 6.68. The maximum Gasteiger partial charge on any atom is 0.229 e. The zero-order chi connectivity index (χ0) is 20.4. The molecule has 0 bridgehead atoms. The van der Waals surface area contributed by atoms with Gasteiger partial charge in [0.15, 0.2) is 0 Å². The molecule has 0 aliphatic carbocycles. The first-order chi connectivity index (χ1) is 14.1. The summed E-state index contributed by atoms with van der Waals surface area (Å²) in [7, 11) is 1.62. The highest BCUT2D eigenvalue weighted by Crippen LogP contribution is 2.43. The van der Waals surface area contributed by atoms with E-state index in [1.54, 1.807) is 23.8 Å². The summed E-state index contributed by atoms with van der Waals surface area (Å²) >= 11 is 1.57. The number of hydrogen-bond acceptors (Lipinski definition) is 5. The van der Waals surface area contributed by atoms with E-state index in [9.17, 15) is 10.1 Å². The highest BCUT2D eigenvalue weighted by molar-refractivity contribution is 8.03. The molecular weight excluding hydrogens is 382 g/mol. The Hall–Kier alpha value is -2.91. The van der Waals surface area contributed by atoms with Crippen LogP contribution in [-0.2, 0) is 11.2 Å². The number of methoxy groups -OCH3 is 1. The molecule has 5 nitrogen and oxygen atoms in total. The van der Waals surface area contributed by atoms with Gasteiger partial charge in [0.25, 0.3) is 0 Å². The molecule has 0 unspecified atom stereocenters. The highest BCUT2D eigenvalue weighted by atomic mass is 32.2. The molecule has 2 aromatic rings. The molecule has 148 valence electrons. The van der Waals surface area contributed by atoms with Gasteiger partial charge < -0.3 is 9.64 Å². The van der Waals surface area contributed by atoms with Gasteiger partial charge in [0.2, 0.25) is 5.91 Å². The number of ether oxygens (including phenoxy) is 1. The monoisotopic (exact) mass is 405 g/mol. The lowest BCUT2D eigenvalue weighted by Gasteiger charge is -2.42. The zero-order valence-corrected chi connectivity index (χ0v) is 17.4. The van der Waals surface area contributed by atoms with Crippen molar-refractivity contribution in [1.82, 2.24) is 4.90 Å². The number of amides is 1. The molecule has 2 aliphatic heterocycles. The average molecular weight is 406 g/mol. The predicted octanol–water partition coefficient (Wildman–Crippen LogP) is 4.48. The summed E-state index contributed by atoms with van der Waals surface area (Å²) in [6, 6.07) is 18.5. The molecule has 6 heteroatoms. The molecule has 1 amide bonds. The number of hydrogen-bond donors (Lipinski definition) is 0. The van der Waals surface area contributed by atoms with Crippen molar-refractivity contribution in [2.75, 3.05) is 24.6 Å². The van der Waals surface area contributed by atoms with E-state index in [0.29, 0.717) is 24.5 Å². The number of carbonyl (C=O) groups is 1. The highest BCUT2D eigenvalue weighted by Gasteiger charge is 2.38. The molecule has 1 fully saturated rings. The van der Waals surface area contributed by atoms with Gasteiger partial charge in [-0.15, -0.1) is 0 Å². The van der Waals surface area contributed by atoms with Crippen LogP contribution in [0.5, 0.6) is 5.75 Å². The van der Waals surface area contributed by atoms with Crippen molar-refractivity contribution in [3.63, 3.8) is 0 Å². The van der Waals surface area contributed by atoms with E-state index in [-0.39, 0.29) is 11.8 Å². The molecule has 0 aromatic heterocycles. The number of allylic oxidation sites excluding steroid dienone is 1. The van der Waals surface area contributed by atoms with E-state index < -0.39 is 0 Å². The maximum atomic E-state index is 13.0. The number of anilines is 1. The molecule has 0 N–H and O–H groups in total. The summed E-state index contributed by atoms with van der Waals surface area (Å²) in [5.41, 5.74) is 4.04. The Morgan fingerprint density at radius 1 is 1.17 bits per heavy atom.